The second-order valence-corrected chi connectivity index (χ2v) is 11.2. The second-order valence-electron chi connectivity index (χ2n) is 9.30. The van der Waals surface area contributed by atoms with E-state index in [9.17, 15) is 18.0 Å². The Balaban J connectivity index is 1.32. The van der Waals surface area contributed by atoms with Crippen molar-refractivity contribution in [3.63, 3.8) is 0 Å². The van der Waals surface area contributed by atoms with Crippen LogP contribution in [0.5, 0.6) is 0 Å². The second kappa shape index (κ2) is 11.3. The lowest BCUT2D eigenvalue weighted by Gasteiger charge is -2.22. The fourth-order valence-corrected chi connectivity index (χ4v) is 6.39. The third-order valence-electron chi connectivity index (χ3n) is 6.94. The lowest BCUT2D eigenvalue weighted by molar-refractivity contribution is 0.0474. The number of carbonyl (C=O) groups is 2. The number of hydrogen-bond donors (Lipinski definition) is 0. The summed E-state index contributed by atoms with van der Waals surface area (Å²) in [6, 6.07) is 13.4. The maximum atomic E-state index is 12.9. The Morgan fingerprint density at radius 1 is 0.765 bits per heavy atom. The number of sulfonamides is 1. The quantitative estimate of drug-likeness (QED) is 0.392. The molecule has 0 unspecified atom stereocenters. The van der Waals surface area contributed by atoms with E-state index in [1.54, 1.807) is 0 Å². The number of nitrogens with zero attached hydrogens (tertiary/aromatic N) is 1. The molecule has 6 nitrogen and oxygen atoms in total. The summed E-state index contributed by atoms with van der Waals surface area (Å²) in [6.45, 7) is 0.696. The van der Waals surface area contributed by atoms with Crippen LogP contribution in [-0.2, 0) is 14.8 Å². The summed E-state index contributed by atoms with van der Waals surface area (Å²) in [5.74, 6) is -0.336. The minimum absolute atomic E-state index is 0.167. The third kappa shape index (κ3) is 5.94. The van der Waals surface area contributed by atoms with Gasteiger partial charge in [0, 0.05) is 18.7 Å². The summed E-state index contributed by atoms with van der Waals surface area (Å²) in [5, 5.41) is 0. The number of ether oxygens (including phenoxy) is 1. The van der Waals surface area contributed by atoms with Gasteiger partial charge in [0.25, 0.3) is 0 Å². The Kier molecular flexibility index (Phi) is 8.16. The largest absolute Gasteiger partial charge is 0.454 e. The number of esters is 1. The van der Waals surface area contributed by atoms with Crippen LogP contribution in [0.15, 0.2) is 53.4 Å². The van der Waals surface area contributed by atoms with Crippen LogP contribution in [-0.4, -0.2) is 44.2 Å². The Morgan fingerprint density at radius 2 is 1.32 bits per heavy atom. The standard InChI is InChI=1S/C27H33NO5S/c29-26(23-12-10-22(11-13-23)21-8-4-3-5-9-21)20-33-27(30)24-14-16-25(17-15-24)34(31,32)28-18-6-1-2-7-19-28/h10-17,21H,1-9,18-20H2. The summed E-state index contributed by atoms with van der Waals surface area (Å²) in [7, 11) is -3.57. The van der Waals surface area contributed by atoms with Crippen LogP contribution in [0.1, 0.15) is 90.0 Å². The molecule has 0 spiro atoms. The van der Waals surface area contributed by atoms with Crippen LogP contribution in [0.2, 0.25) is 0 Å². The SMILES string of the molecule is O=C(COC(=O)c1ccc(S(=O)(=O)N2CCCCCC2)cc1)c1ccc(C2CCCCC2)cc1. The molecule has 0 amide bonds. The van der Waals surface area contributed by atoms with E-state index >= 15 is 0 Å². The van der Waals surface area contributed by atoms with Gasteiger partial charge in [0.1, 0.15) is 0 Å². The zero-order chi connectivity index (χ0) is 24.0. The molecule has 2 fully saturated rings. The van der Waals surface area contributed by atoms with Gasteiger partial charge < -0.3 is 4.74 Å². The molecule has 1 aliphatic carbocycles. The van der Waals surface area contributed by atoms with Crippen LogP contribution in [0.3, 0.4) is 0 Å². The van der Waals surface area contributed by atoms with E-state index in [0.717, 1.165) is 25.7 Å². The minimum atomic E-state index is -3.57. The molecule has 2 aromatic carbocycles. The molecule has 2 aliphatic rings. The average molecular weight is 484 g/mol. The van der Waals surface area contributed by atoms with Crippen molar-refractivity contribution in [3.8, 4) is 0 Å². The average Bonchev–Trinajstić information content (AvgIpc) is 3.18. The van der Waals surface area contributed by atoms with Gasteiger partial charge in [-0.3, -0.25) is 4.79 Å². The monoisotopic (exact) mass is 483 g/mol. The number of hydrogen-bond acceptors (Lipinski definition) is 5. The van der Waals surface area contributed by atoms with Crippen LogP contribution < -0.4 is 0 Å². The number of Topliss-reactive ketones (excluding diaryl/α,β-unsaturated/α-hetero) is 1. The Hall–Kier alpha value is -2.51. The predicted octanol–water partition coefficient (Wildman–Crippen LogP) is 5.34. The highest BCUT2D eigenvalue weighted by Gasteiger charge is 2.25. The fraction of sp³-hybridized carbons (Fsp3) is 0.481. The number of benzene rings is 2. The first-order chi connectivity index (χ1) is 16.4. The first kappa shape index (κ1) is 24.6. The molecule has 1 heterocycles. The van der Waals surface area contributed by atoms with Crippen molar-refractivity contribution in [1.29, 1.82) is 0 Å². The molecule has 1 saturated heterocycles. The van der Waals surface area contributed by atoms with Crippen LogP contribution in [0.25, 0.3) is 0 Å². The molecule has 2 aromatic rings. The summed E-state index contributed by atoms with van der Waals surface area (Å²) in [4.78, 5) is 25.1. The van der Waals surface area contributed by atoms with Crippen molar-refractivity contribution in [1.82, 2.24) is 4.31 Å². The normalized spacial score (nSPS) is 18.2. The van der Waals surface area contributed by atoms with Gasteiger partial charge in [0.15, 0.2) is 12.4 Å². The Morgan fingerprint density at radius 3 is 1.94 bits per heavy atom. The Bertz CT molecular complexity index is 1080. The summed E-state index contributed by atoms with van der Waals surface area (Å²) < 4.78 is 32.5. The van der Waals surface area contributed by atoms with Crippen molar-refractivity contribution in [3.05, 3.63) is 65.2 Å². The minimum Gasteiger partial charge on any atom is -0.454 e. The number of carbonyl (C=O) groups excluding carboxylic acids is 2. The summed E-state index contributed by atoms with van der Waals surface area (Å²) in [6.07, 6.45) is 10.0. The molecular formula is C27H33NO5S. The summed E-state index contributed by atoms with van der Waals surface area (Å²) in [5.41, 5.74) is 2.00. The zero-order valence-corrected chi connectivity index (χ0v) is 20.4. The summed E-state index contributed by atoms with van der Waals surface area (Å²) >= 11 is 0. The van der Waals surface area contributed by atoms with E-state index < -0.39 is 16.0 Å². The maximum Gasteiger partial charge on any atom is 0.338 e. The van der Waals surface area contributed by atoms with E-state index in [4.69, 9.17) is 4.74 Å². The first-order valence-corrected chi connectivity index (χ1v) is 13.8. The van der Waals surface area contributed by atoms with Gasteiger partial charge in [-0.05, 0) is 61.4 Å². The van der Waals surface area contributed by atoms with Crippen LogP contribution in [0, 0.1) is 0 Å². The highest BCUT2D eigenvalue weighted by atomic mass is 32.2. The Labute approximate surface area is 202 Å². The molecule has 1 saturated carbocycles. The maximum absolute atomic E-state index is 12.9. The molecule has 0 N–H and O–H groups in total. The lowest BCUT2D eigenvalue weighted by Crippen LogP contribution is -2.31. The molecule has 0 aromatic heterocycles. The third-order valence-corrected chi connectivity index (χ3v) is 8.85. The zero-order valence-electron chi connectivity index (χ0n) is 19.6. The highest BCUT2D eigenvalue weighted by Crippen LogP contribution is 2.32. The molecule has 0 atom stereocenters. The van der Waals surface area contributed by atoms with Crippen molar-refractivity contribution < 1.29 is 22.7 Å². The van der Waals surface area contributed by atoms with Gasteiger partial charge >= 0.3 is 5.97 Å². The van der Waals surface area contributed by atoms with Gasteiger partial charge in [0.05, 0.1) is 10.5 Å². The van der Waals surface area contributed by atoms with E-state index in [1.807, 2.05) is 24.3 Å². The van der Waals surface area contributed by atoms with Gasteiger partial charge in [-0.2, -0.15) is 4.31 Å². The molecule has 1 aliphatic heterocycles. The van der Waals surface area contributed by atoms with Crippen molar-refractivity contribution in [2.24, 2.45) is 0 Å². The van der Waals surface area contributed by atoms with Gasteiger partial charge in [-0.15, -0.1) is 0 Å². The van der Waals surface area contributed by atoms with E-state index in [1.165, 1.54) is 66.2 Å². The highest BCUT2D eigenvalue weighted by molar-refractivity contribution is 7.89. The van der Waals surface area contributed by atoms with E-state index in [2.05, 4.69) is 0 Å². The van der Waals surface area contributed by atoms with Crippen molar-refractivity contribution in [2.75, 3.05) is 19.7 Å². The van der Waals surface area contributed by atoms with Crippen LogP contribution >= 0.6 is 0 Å². The number of ketones is 1. The molecular weight excluding hydrogens is 450 g/mol. The van der Waals surface area contributed by atoms with Gasteiger partial charge in [-0.25, -0.2) is 13.2 Å². The number of rotatable bonds is 7. The molecule has 0 radical (unpaired) electrons. The van der Waals surface area contributed by atoms with Gasteiger partial charge in [-0.1, -0.05) is 56.4 Å². The molecule has 182 valence electrons. The van der Waals surface area contributed by atoms with Crippen molar-refractivity contribution >= 4 is 21.8 Å². The lowest BCUT2D eigenvalue weighted by atomic mass is 9.84. The molecule has 7 heteroatoms. The van der Waals surface area contributed by atoms with E-state index in [0.29, 0.717) is 24.6 Å². The molecule has 34 heavy (non-hydrogen) atoms. The predicted molar refractivity (Wildman–Crippen MR) is 131 cm³/mol. The van der Waals surface area contributed by atoms with Gasteiger partial charge in [0.2, 0.25) is 10.0 Å². The molecule has 0 bridgehead atoms. The fourth-order valence-electron chi connectivity index (χ4n) is 4.87. The molecule has 4 rings (SSSR count). The first-order valence-electron chi connectivity index (χ1n) is 12.4. The van der Waals surface area contributed by atoms with E-state index in [-0.39, 0.29) is 22.8 Å². The van der Waals surface area contributed by atoms with Crippen LogP contribution in [0.4, 0.5) is 0 Å². The smallest absolute Gasteiger partial charge is 0.338 e. The topological polar surface area (TPSA) is 80.8 Å². The van der Waals surface area contributed by atoms with Crippen molar-refractivity contribution in [2.45, 2.75) is 68.6 Å².